The van der Waals surface area contributed by atoms with Crippen LogP contribution < -0.4 is 4.72 Å². The fourth-order valence-corrected chi connectivity index (χ4v) is 4.72. The minimum Gasteiger partial charge on any atom is -0.276 e. The van der Waals surface area contributed by atoms with E-state index in [1.807, 2.05) is 61.5 Å². The van der Waals surface area contributed by atoms with Gasteiger partial charge >= 0.3 is 0 Å². The third kappa shape index (κ3) is 3.86. The van der Waals surface area contributed by atoms with Crippen molar-refractivity contribution in [3.8, 4) is 0 Å². The van der Waals surface area contributed by atoms with Crippen LogP contribution >= 0.6 is 11.6 Å². The van der Waals surface area contributed by atoms with Crippen LogP contribution in [0.2, 0.25) is 5.02 Å². The van der Waals surface area contributed by atoms with Gasteiger partial charge in [0.1, 0.15) is 0 Å². The summed E-state index contributed by atoms with van der Waals surface area (Å²) in [6.07, 6.45) is 0. The summed E-state index contributed by atoms with van der Waals surface area (Å²) in [4.78, 5) is 0.217. The largest absolute Gasteiger partial charge is 0.276 e. The van der Waals surface area contributed by atoms with E-state index in [1.54, 1.807) is 23.7 Å². The van der Waals surface area contributed by atoms with E-state index in [1.165, 1.54) is 0 Å². The molecule has 0 unspecified atom stereocenters. The number of sulfonamides is 1. The Morgan fingerprint density at radius 1 is 0.966 bits per heavy atom. The number of aryl methyl sites for hydroxylation is 1. The van der Waals surface area contributed by atoms with E-state index >= 15 is 0 Å². The first kappa shape index (κ1) is 19.5. The molecule has 0 radical (unpaired) electrons. The third-order valence-corrected chi connectivity index (χ3v) is 6.64. The van der Waals surface area contributed by atoms with Crippen molar-refractivity contribution >= 4 is 38.1 Å². The number of nitrogens with zero attached hydrogens (tertiary/aromatic N) is 2. The van der Waals surface area contributed by atoms with Crippen molar-refractivity contribution < 1.29 is 8.42 Å². The van der Waals surface area contributed by atoms with Gasteiger partial charge in [-0.15, -0.1) is 0 Å². The Kier molecular flexibility index (Phi) is 5.06. The van der Waals surface area contributed by atoms with Gasteiger partial charge in [0.2, 0.25) is 0 Å². The van der Waals surface area contributed by atoms with Crippen LogP contribution in [-0.2, 0) is 16.6 Å². The SMILES string of the molecule is Cc1nn(Cc2ccccc2Cl)c(C)c1NS(=O)(=O)c1ccc2ccccc2c1. The molecule has 0 spiro atoms. The van der Waals surface area contributed by atoms with E-state index in [0.717, 1.165) is 22.0 Å². The van der Waals surface area contributed by atoms with E-state index in [-0.39, 0.29) is 4.90 Å². The first-order valence-electron chi connectivity index (χ1n) is 9.14. The molecule has 29 heavy (non-hydrogen) atoms. The number of halogens is 1. The number of aromatic nitrogens is 2. The highest BCUT2D eigenvalue weighted by Crippen LogP contribution is 2.26. The topological polar surface area (TPSA) is 64.0 Å². The second-order valence-electron chi connectivity index (χ2n) is 6.91. The molecule has 3 aromatic carbocycles. The van der Waals surface area contributed by atoms with Crippen LogP contribution in [0.25, 0.3) is 10.8 Å². The Hall–Kier alpha value is -2.83. The van der Waals surface area contributed by atoms with Crippen molar-refractivity contribution in [2.75, 3.05) is 4.72 Å². The fourth-order valence-electron chi connectivity index (χ4n) is 3.31. The van der Waals surface area contributed by atoms with Crippen LogP contribution in [0.15, 0.2) is 71.6 Å². The number of rotatable bonds is 5. The summed E-state index contributed by atoms with van der Waals surface area (Å²) in [5.41, 5.74) is 2.75. The maximum atomic E-state index is 13.0. The van der Waals surface area contributed by atoms with Crippen LogP contribution in [0.4, 0.5) is 5.69 Å². The second-order valence-corrected chi connectivity index (χ2v) is 9.00. The molecule has 0 saturated carbocycles. The van der Waals surface area contributed by atoms with Crippen molar-refractivity contribution in [1.82, 2.24) is 9.78 Å². The van der Waals surface area contributed by atoms with Crippen molar-refractivity contribution in [3.63, 3.8) is 0 Å². The van der Waals surface area contributed by atoms with Crippen LogP contribution in [0, 0.1) is 13.8 Å². The second kappa shape index (κ2) is 7.54. The van der Waals surface area contributed by atoms with Crippen molar-refractivity contribution in [1.29, 1.82) is 0 Å². The molecule has 7 heteroatoms. The van der Waals surface area contributed by atoms with Crippen molar-refractivity contribution in [2.45, 2.75) is 25.3 Å². The van der Waals surface area contributed by atoms with Crippen molar-refractivity contribution in [3.05, 3.63) is 88.7 Å². The Labute approximate surface area is 175 Å². The van der Waals surface area contributed by atoms with Gasteiger partial charge in [-0.05, 0) is 48.4 Å². The molecule has 0 amide bonds. The normalized spacial score (nSPS) is 11.7. The van der Waals surface area contributed by atoms with Crippen LogP contribution in [0.1, 0.15) is 17.0 Å². The van der Waals surface area contributed by atoms with Gasteiger partial charge in [0, 0.05) is 5.02 Å². The summed E-state index contributed by atoms with van der Waals surface area (Å²) >= 11 is 6.25. The highest BCUT2D eigenvalue weighted by atomic mass is 35.5. The molecule has 0 aliphatic heterocycles. The van der Waals surface area contributed by atoms with Gasteiger partial charge in [0.25, 0.3) is 10.0 Å². The Balaban J connectivity index is 1.66. The molecule has 0 bridgehead atoms. The minimum absolute atomic E-state index is 0.217. The molecule has 4 aromatic rings. The summed E-state index contributed by atoms with van der Waals surface area (Å²) in [5.74, 6) is 0. The van der Waals surface area contributed by atoms with E-state index in [2.05, 4.69) is 9.82 Å². The monoisotopic (exact) mass is 425 g/mol. The van der Waals surface area contributed by atoms with Crippen molar-refractivity contribution in [2.24, 2.45) is 0 Å². The summed E-state index contributed by atoms with van der Waals surface area (Å²) in [6, 6.07) is 20.3. The standard InChI is InChI=1S/C22H20ClN3O2S/c1-15-22(16(2)26(24-15)14-19-9-5-6-10-21(19)23)25-29(27,28)20-12-11-17-7-3-4-8-18(17)13-20/h3-13,25H,14H2,1-2H3. The van der Waals surface area contributed by atoms with E-state index in [4.69, 9.17) is 11.6 Å². The molecule has 148 valence electrons. The Bertz CT molecular complexity index is 1310. The maximum absolute atomic E-state index is 13.0. The predicted molar refractivity (Wildman–Crippen MR) is 117 cm³/mol. The van der Waals surface area contributed by atoms with E-state index in [9.17, 15) is 8.42 Å². The highest BCUT2D eigenvalue weighted by Gasteiger charge is 2.20. The number of benzene rings is 3. The van der Waals surface area contributed by atoms with Gasteiger partial charge in [-0.3, -0.25) is 9.40 Å². The molecule has 0 aliphatic rings. The van der Waals surface area contributed by atoms with E-state index < -0.39 is 10.0 Å². The maximum Gasteiger partial charge on any atom is 0.262 e. The Morgan fingerprint density at radius 2 is 1.66 bits per heavy atom. The summed E-state index contributed by atoms with van der Waals surface area (Å²) in [6.45, 7) is 4.09. The van der Waals surface area contributed by atoms with Gasteiger partial charge in [-0.2, -0.15) is 5.10 Å². The lowest BCUT2D eigenvalue weighted by Gasteiger charge is -2.10. The predicted octanol–water partition coefficient (Wildman–Crippen LogP) is 5.16. The summed E-state index contributed by atoms with van der Waals surface area (Å²) < 4.78 is 30.5. The quantitative estimate of drug-likeness (QED) is 0.480. The number of anilines is 1. The van der Waals surface area contributed by atoms with Crippen LogP contribution in [0.3, 0.4) is 0 Å². The van der Waals surface area contributed by atoms with Gasteiger partial charge in [-0.1, -0.05) is 60.1 Å². The highest BCUT2D eigenvalue weighted by molar-refractivity contribution is 7.92. The molecule has 0 atom stereocenters. The molecule has 1 aromatic heterocycles. The first-order valence-corrected chi connectivity index (χ1v) is 11.0. The third-order valence-electron chi connectivity index (χ3n) is 4.93. The number of hydrogen-bond donors (Lipinski definition) is 1. The zero-order valence-corrected chi connectivity index (χ0v) is 17.6. The lowest BCUT2D eigenvalue weighted by atomic mass is 10.1. The number of nitrogens with one attached hydrogen (secondary N) is 1. The first-order chi connectivity index (χ1) is 13.8. The molecule has 0 saturated heterocycles. The summed E-state index contributed by atoms with van der Waals surface area (Å²) in [5, 5.41) is 7.02. The number of fused-ring (bicyclic) bond motifs is 1. The number of hydrogen-bond acceptors (Lipinski definition) is 3. The molecule has 4 rings (SSSR count). The minimum atomic E-state index is -3.75. The molecule has 0 aliphatic carbocycles. The lowest BCUT2D eigenvalue weighted by Crippen LogP contribution is -2.14. The molecular weight excluding hydrogens is 406 g/mol. The molecule has 1 N–H and O–H groups in total. The average Bonchev–Trinajstić information content (AvgIpc) is 2.96. The van der Waals surface area contributed by atoms with Gasteiger partial charge in [0.15, 0.2) is 0 Å². The lowest BCUT2D eigenvalue weighted by molar-refractivity contribution is 0.601. The Morgan fingerprint density at radius 3 is 2.41 bits per heavy atom. The zero-order chi connectivity index (χ0) is 20.6. The molecule has 5 nitrogen and oxygen atoms in total. The fraction of sp³-hybridized carbons (Fsp3) is 0.136. The summed E-state index contributed by atoms with van der Waals surface area (Å²) in [7, 11) is -3.75. The zero-order valence-electron chi connectivity index (χ0n) is 16.1. The molecule has 1 heterocycles. The smallest absolute Gasteiger partial charge is 0.262 e. The van der Waals surface area contributed by atoms with Gasteiger partial charge in [0.05, 0.1) is 28.5 Å². The van der Waals surface area contributed by atoms with E-state index in [0.29, 0.717) is 22.9 Å². The van der Waals surface area contributed by atoms with Crippen LogP contribution in [0.5, 0.6) is 0 Å². The van der Waals surface area contributed by atoms with Gasteiger partial charge < -0.3 is 0 Å². The average molecular weight is 426 g/mol. The molecular formula is C22H20ClN3O2S. The van der Waals surface area contributed by atoms with Gasteiger partial charge in [-0.25, -0.2) is 8.42 Å². The molecule has 0 fully saturated rings. The van der Waals surface area contributed by atoms with Crippen LogP contribution in [-0.4, -0.2) is 18.2 Å².